The van der Waals surface area contributed by atoms with Crippen molar-refractivity contribution in [3.8, 4) is 17.1 Å². The maximum Gasteiger partial charge on any atom is 0.306 e. The molecule has 0 bridgehead atoms. The van der Waals surface area contributed by atoms with Crippen LogP contribution < -0.4 is 4.74 Å². The molecule has 0 N–H and O–H groups in total. The molecule has 1 aromatic carbocycles. The quantitative estimate of drug-likeness (QED) is 0.713. The Balaban J connectivity index is 1.55. The predicted octanol–water partition coefficient (Wildman–Crippen LogP) is 1.74. The smallest absolute Gasteiger partial charge is 0.306 e. The predicted molar refractivity (Wildman–Crippen MR) is 87.1 cm³/mol. The van der Waals surface area contributed by atoms with E-state index < -0.39 is 15.8 Å². The molecule has 3 rings (SSSR count). The highest BCUT2D eigenvalue weighted by molar-refractivity contribution is 7.94. The molecule has 2 aromatic rings. The minimum absolute atomic E-state index is 0.00733. The zero-order chi connectivity index (χ0) is 17.9. The van der Waals surface area contributed by atoms with Crippen LogP contribution in [0.5, 0.6) is 5.75 Å². The Kier molecular flexibility index (Phi) is 4.84. The van der Waals surface area contributed by atoms with Gasteiger partial charge in [0.15, 0.2) is 16.4 Å². The Morgan fingerprint density at radius 1 is 1.40 bits per heavy atom. The lowest BCUT2D eigenvalue weighted by molar-refractivity contribution is -0.146. The first-order chi connectivity index (χ1) is 11.9. The van der Waals surface area contributed by atoms with E-state index in [9.17, 15) is 13.2 Å². The third kappa shape index (κ3) is 4.44. The Morgan fingerprint density at radius 2 is 2.24 bits per heavy atom. The summed E-state index contributed by atoms with van der Waals surface area (Å²) in [7, 11) is -1.62. The summed E-state index contributed by atoms with van der Waals surface area (Å²) in [5.41, 5.74) is 0.710. The SMILES string of the molecule is COc1cccc(-c2noc(COC(=O)CC3C=CS(=O)(=O)C3)n2)c1. The molecule has 0 aliphatic carbocycles. The number of allylic oxidation sites excluding steroid dienone is 1. The topological polar surface area (TPSA) is 109 Å². The van der Waals surface area contributed by atoms with Gasteiger partial charge in [0.2, 0.25) is 5.82 Å². The Hall–Kier alpha value is -2.68. The fourth-order valence-electron chi connectivity index (χ4n) is 2.38. The molecule has 1 aliphatic rings. The third-order valence-corrected chi connectivity index (χ3v) is 5.05. The monoisotopic (exact) mass is 364 g/mol. The van der Waals surface area contributed by atoms with Gasteiger partial charge in [0.25, 0.3) is 5.89 Å². The van der Waals surface area contributed by atoms with Crippen LogP contribution in [0, 0.1) is 5.92 Å². The van der Waals surface area contributed by atoms with Gasteiger partial charge in [-0.15, -0.1) is 0 Å². The van der Waals surface area contributed by atoms with E-state index in [1.807, 2.05) is 0 Å². The molecule has 132 valence electrons. The summed E-state index contributed by atoms with van der Waals surface area (Å²) in [5, 5.41) is 4.97. The van der Waals surface area contributed by atoms with Gasteiger partial charge in [-0.05, 0) is 12.1 Å². The highest BCUT2D eigenvalue weighted by atomic mass is 32.2. The summed E-state index contributed by atoms with van der Waals surface area (Å²) in [6.45, 7) is -0.168. The average molecular weight is 364 g/mol. The van der Waals surface area contributed by atoms with Crippen LogP contribution in [0.1, 0.15) is 12.3 Å². The lowest BCUT2D eigenvalue weighted by Gasteiger charge is -2.05. The van der Waals surface area contributed by atoms with Crippen LogP contribution in [0.4, 0.5) is 0 Å². The molecule has 0 amide bonds. The molecule has 0 saturated carbocycles. The van der Waals surface area contributed by atoms with Crippen LogP contribution in [0.2, 0.25) is 0 Å². The zero-order valence-electron chi connectivity index (χ0n) is 13.4. The van der Waals surface area contributed by atoms with Gasteiger partial charge in [0.05, 0.1) is 19.3 Å². The number of carbonyl (C=O) groups is 1. The van der Waals surface area contributed by atoms with Crippen LogP contribution in [0.15, 0.2) is 40.3 Å². The second-order valence-electron chi connectivity index (χ2n) is 5.53. The molecule has 0 radical (unpaired) electrons. The van der Waals surface area contributed by atoms with Crippen molar-refractivity contribution in [2.75, 3.05) is 12.9 Å². The first kappa shape index (κ1) is 17.2. The molecule has 0 spiro atoms. The average Bonchev–Trinajstić information content (AvgIpc) is 3.19. The van der Waals surface area contributed by atoms with Crippen molar-refractivity contribution < 1.29 is 27.2 Å². The molecule has 1 atom stereocenters. The largest absolute Gasteiger partial charge is 0.497 e. The number of esters is 1. The van der Waals surface area contributed by atoms with E-state index in [0.717, 1.165) is 5.41 Å². The minimum Gasteiger partial charge on any atom is -0.497 e. The lowest BCUT2D eigenvalue weighted by Crippen LogP contribution is -2.13. The van der Waals surface area contributed by atoms with E-state index in [0.29, 0.717) is 17.1 Å². The third-order valence-electron chi connectivity index (χ3n) is 3.59. The van der Waals surface area contributed by atoms with Gasteiger partial charge in [0, 0.05) is 16.9 Å². The number of carbonyl (C=O) groups excluding carboxylic acids is 1. The van der Waals surface area contributed by atoms with Gasteiger partial charge in [-0.2, -0.15) is 4.98 Å². The van der Waals surface area contributed by atoms with E-state index >= 15 is 0 Å². The first-order valence-corrected chi connectivity index (χ1v) is 9.20. The molecular formula is C16H16N2O6S. The van der Waals surface area contributed by atoms with E-state index in [1.165, 1.54) is 6.08 Å². The number of hydrogen-bond donors (Lipinski definition) is 0. The van der Waals surface area contributed by atoms with Crippen molar-refractivity contribution in [3.63, 3.8) is 0 Å². The number of ether oxygens (including phenoxy) is 2. The first-order valence-electron chi connectivity index (χ1n) is 7.49. The summed E-state index contributed by atoms with van der Waals surface area (Å²) < 4.78 is 37.9. The number of hydrogen-bond acceptors (Lipinski definition) is 8. The van der Waals surface area contributed by atoms with E-state index in [2.05, 4.69) is 10.1 Å². The number of methoxy groups -OCH3 is 1. The van der Waals surface area contributed by atoms with Crippen LogP contribution in [0.25, 0.3) is 11.4 Å². The van der Waals surface area contributed by atoms with Crippen LogP contribution in [-0.2, 0) is 26.0 Å². The molecule has 0 fully saturated rings. The normalized spacial score (nSPS) is 18.2. The minimum atomic E-state index is -3.18. The van der Waals surface area contributed by atoms with Crippen LogP contribution in [-0.4, -0.2) is 37.4 Å². The van der Waals surface area contributed by atoms with E-state index in [1.54, 1.807) is 31.4 Å². The zero-order valence-corrected chi connectivity index (χ0v) is 14.2. The molecule has 1 aromatic heterocycles. The van der Waals surface area contributed by atoms with Crippen LogP contribution >= 0.6 is 0 Å². The number of sulfone groups is 1. The standard InChI is InChI=1S/C16H16N2O6S/c1-22-13-4-2-3-12(8-13)16-17-14(24-18-16)9-23-15(19)7-11-5-6-25(20,21)10-11/h2-6,8,11H,7,9-10H2,1H3. The molecule has 2 heterocycles. The highest BCUT2D eigenvalue weighted by Gasteiger charge is 2.24. The van der Waals surface area contributed by atoms with Crippen molar-refractivity contribution in [2.24, 2.45) is 5.92 Å². The summed E-state index contributed by atoms with van der Waals surface area (Å²) in [6, 6.07) is 7.15. The molecule has 9 heteroatoms. The van der Waals surface area contributed by atoms with Gasteiger partial charge >= 0.3 is 5.97 Å². The maximum absolute atomic E-state index is 11.8. The van der Waals surface area contributed by atoms with Crippen molar-refractivity contribution in [3.05, 3.63) is 41.6 Å². The Labute approximate surface area is 144 Å². The second-order valence-corrected chi connectivity index (χ2v) is 7.46. The fraction of sp³-hybridized carbons (Fsp3) is 0.312. The number of benzene rings is 1. The van der Waals surface area contributed by atoms with Crippen molar-refractivity contribution in [2.45, 2.75) is 13.0 Å². The van der Waals surface area contributed by atoms with Gasteiger partial charge in [-0.3, -0.25) is 4.79 Å². The highest BCUT2D eigenvalue weighted by Crippen LogP contribution is 2.22. The summed E-state index contributed by atoms with van der Waals surface area (Å²) in [6.07, 6.45) is 1.50. The molecule has 0 saturated heterocycles. The number of aromatic nitrogens is 2. The number of nitrogens with zero attached hydrogens (tertiary/aromatic N) is 2. The Morgan fingerprint density at radius 3 is 2.96 bits per heavy atom. The molecule has 25 heavy (non-hydrogen) atoms. The van der Waals surface area contributed by atoms with Crippen LogP contribution in [0.3, 0.4) is 0 Å². The van der Waals surface area contributed by atoms with E-state index in [4.69, 9.17) is 14.0 Å². The van der Waals surface area contributed by atoms with Crippen molar-refractivity contribution >= 4 is 15.8 Å². The van der Waals surface area contributed by atoms with Crippen molar-refractivity contribution in [1.82, 2.24) is 10.1 Å². The van der Waals surface area contributed by atoms with Gasteiger partial charge < -0.3 is 14.0 Å². The molecular weight excluding hydrogens is 348 g/mol. The summed E-state index contributed by atoms with van der Waals surface area (Å²) in [4.78, 5) is 15.9. The number of rotatable bonds is 6. The molecule has 1 aliphatic heterocycles. The Bertz CT molecular complexity index is 903. The fourth-order valence-corrected chi connectivity index (χ4v) is 3.77. The molecule has 1 unspecified atom stereocenters. The van der Waals surface area contributed by atoms with Gasteiger partial charge in [-0.25, -0.2) is 8.42 Å². The van der Waals surface area contributed by atoms with Crippen molar-refractivity contribution in [1.29, 1.82) is 0 Å². The van der Waals surface area contributed by atoms with Gasteiger partial charge in [-0.1, -0.05) is 23.4 Å². The summed E-state index contributed by atoms with van der Waals surface area (Å²) in [5.74, 6) is 0.230. The lowest BCUT2D eigenvalue weighted by atomic mass is 10.1. The van der Waals surface area contributed by atoms with Gasteiger partial charge in [0.1, 0.15) is 5.75 Å². The second kappa shape index (κ2) is 7.06. The summed E-state index contributed by atoms with van der Waals surface area (Å²) >= 11 is 0. The van der Waals surface area contributed by atoms with E-state index in [-0.39, 0.29) is 30.6 Å². The maximum atomic E-state index is 11.8. The molecule has 8 nitrogen and oxygen atoms in total.